The Morgan fingerprint density at radius 1 is 1.30 bits per heavy atom. The Kier molecular flexibility index (Phi) is 6.47. The molecule has 27 heavy (non-hydrogen) atoms. The molecule has 0 spiro atoms. The molecular formula is C20H25N3O3S. The fourth-order valence-electron chi connectivity index (χ4n) is 3.19. The summed E-state index contributed by atoms with van der Waals surface area (Å²) in [6.45, 7) is 4.39. The maximum atomic E-state index is 12.8. The van der Waals surface area contributed by atoms with E-state index in [9.17, 15) is 9.59 Å². The predicted octanol–water partition coefficient (Wildman–Crippen LogP) is 2.50. The van der Waals surface area contributed by atoms with Crippen molar-refractivity contribution in [2.75, 3.05) is 31.6 Å². The van der Waals surface area contributed by atoms with Crippen LogP contribution in [0.4, 0.5) is 5.69 Å². The zero-order chi connectivity index (χ0) is 19.2. The van der Waals surface area contributed by atoms with Crippen molar-refractivity contribution < 1.29 is 14.3 Å². The van der Waals surface area contributed by atoms with Gasteiger partial charge in [0.05, 0.1) is 19.7 Å². The van der Waals surface area contributed by atoms with Crippen LogP contribution in [0.2, 0.25) is 0 Å². The van der Waals surface area contributed by atoms with Crippen molar-refractivity contribution in [3.63, 3.8) is 0 Å². The van der Waals surface area contributed by atoms with Gasteiger partial charge in [0, 0.05) is 42.7 Å². The number of carbonyl (C=O) groups is 2. The van der Waals surface area contributed by atoms with E-state index in [4.69, 9.17) is 4.74 Å². The molecule has 1 aliphatic heterocycles. The lowest BCUT2D eigenvalue weighted by atomic mass is 10.1. The standard InChI is InChI=1S/C20H25N3O3S/c1-15-20(25)23(16-5-3-6-17(13-16)26-2)11-10-22(15)9-8-19(24)21-14-18-7-4-12-27-18/h3-7,12-13,15H,8-11,14H2,1-2H3,(H,21,24). The molecule has 1 aromatic carbocycles. The van der Waals surface area contributed by atoms with Gasteiger partial charge in [0.15, 0.2) is 0 Å². The van der Waals surface area contributed by atoms with E-state index in [2.05, 4.69) is 10.2 Å². The van der Waals surface area contributed by atoms with Crippen molar-refractivity contribution in [1.82, 2.24) is 10.2 Å². The van der Waals surface area contributed by atoms with Crippen LogP contribution in [-0.2, 0) is 16.1 Å². The van der Waals surface area contributed by atoms with E-state index in [1.54, 1.807) is 23.3 Å². The second-order valence-electron chi connectivity index (χ2n) is 6.51. The van der Waals surface area contributed by atoms with Crippen LogP contribution >= 0.6 is 11.3 Å². The number of ether oxygens (including phenoxy) is 1. The Morgan fingerprint density at radius 2 is 2.15 bits per heavy atom. The van der Waals surface area contributed by atoms with Gasteiger partial charge in [-0.15, -0.1) is 11.3 Å². The minimum absolute atomic E-state index is 0.0123. The third kappa shape index (κ3) is 4.87. The Hall–Kier alpha value is -2.38. The normalized spacial score (nSPS) is 17.8. The van der Waals surface area contributed by atoms with Gasteiger partial charge in [0.25, 0.3) is 0 Å². The van der Waals surface area contributed by atoms with Crippen molar-refractivity contribution in [2.45, 2.75) is 25.9 Å². The molecule has 7 heteroatoms. The van der Waals surface area contributed by atoms with Crippen LogP contribution in [0.3, 0.4) is 0 Å². The van der Waals surface area contributed by atoms with E-state index in [-0.39, 0.29) is 17.9 Å². The molecule has 0 radical (unpaired) electrons. The van der Waals surface area contributed by atoms with E-state index in [0.717, 1.165) is 22.9 Å². The highest BCUT2D eigenvalue weighted by molar-refractivity contribution is 7.09. The molecule has 2 heterocycles. The first-order chi connectivity index (χ1) is 13.1. The zero-order valence-corrected chi connectivity index (χ0v) is 16.5. The van der Waals surface area contributed by atoms with Gasteiger partial charge in [-0.05, 0) is 30.5 Å². The van der Waals surface area contributed by atoms with Crippen molar-refractivity contribution in [3.05, 3.63) is 46.7 Å². The molecule has 1 atom stereocenters. The summed E-state index contributed by atoms with van der Waals surface area (Å²) < 4.78 is 5.25. The van der Waals surface area contributed by atoms with Crippen LogP contribution in [0, 0.1) is 0 Å². The summed E-state index contributed by atoms with van der Waals surface area (Å²) >= 11 is 1.63. The number of benzene rings is 1. The molecule has 0 bridgehead atoms. The van der Waals surface area contributed by atoms with Gasteiger partial charge in [0.1, 0.15) is 5.75 Å². The van der Waals surface area contributed by atoms with Crippen molar-refractivity contribution in [2.24, 2.45) is 0 Å². The molecule has 2 aromatic rings. The lowest BCUT2D eigenvalue weighted by Crippen LogP contribution is -2.56. The van der Waals surface area contributed by atoms with E-state index in [1.807, 2.05) is 48.7 Å². The Morgan fingerprint density at radius 3 is 2.89 bits per heavy atom. The lowest BCUT2D eigenvalue weighted by Gasteiger charge is -2.39. The van der Waals surface area contributed by atoms with Gasteiger partial charge in [0.2, 0.25) is 11.8 Å². The van der Waals surface area contributed by atoms with E-state index in [0.29, 0.717) is 26.1 Å². The van der Waals surface area contributed by atoms with E-state index >= 15 is 0 Å². The maximum absolute atomic E-state index is 12.8. The topological polar surface area (TPSA) is 61.9 Å². The number of carbonyl (C=O) groups excluding carboxylic acids is 2. The maximum Gasteiger partial charge on any atom is 0.244 e. The number of piperazine rings is 1. The van der Waals surface area contributed by atoms with Crippen LogP contribution in [0.25, 0.3) is 0 Å². The Bertz CT molecular complexity index is 779. The fraction of sp³-hybridized carbons (Fsp3) is 0.400. The second-order valence-corrected chi connectivity index (χ2v) is 7.54. The summed E-state index contributed by atoms with van der Waals surface area (Å²) in [7, 11) is 1.62. The molecule has 6 nitrogen and oxygen atoms in total. The van der Waals surface area contributed by atoms with E-state index in [1.165, 1.54) is 0 Å². The van der Waals surface area contributed by atoms with Crippen molar-refractivity contribution in [1.29, 1.82) is 0 Å². The molecule has 3 rings (SSSR count). The highest BCUT2D eigenvalue weighted by atomic mass is 32.1. The third-order valence-electron chi connectivity index (χ3n) is 4.81. The van der Waals surface area contributed by atoms with Gasteiger partial charge in [-0.1, -0.05) is 12.1 Å². The highest BCUT2D eigenvalue weighted by Crippen LogP contribution is 2.24. The molecule has 1 unspecified atom stereocenters. The minimum atomic E-state index is -0.255. The monoisotopic (exact) mass is 387 g/mol. The Balaban J connectivity index is 1.51. The summed E-state index contributed by atoms with van der Waals surface area (Å²) in [5, 5.41) is 4.93. The average molecular weight is 388 g/mol. The van der Waals surface area contributed by atoms with Crippen LogP contribution < -0.4 is 15.0 Å². The molecule has 0 aliphatic carbocycles. The SMILES string of the molecule is COc1cccc(N2CCN(CCC(=O)NCc3cccs3)C(C)C2=O)c1. The summed E-state index contributed by atoms with van der Waals surface area (Å²) in [6, 6.07) is 11.3. The van der Waals surface area contributed by atoms with Gasteiger partial charge >= 0.3 is 0 Å². The summed E-state index contributed by atoms with van der Waals surface area (Å²) in [6.07, 6.45) is 0.391. The fourth-order valence-corrected chi connectivity index (χ4v) is 3.83. The number of amides is 2. The first-order valence-electron chi connectivity index (χ1n) is 9.07. The Labute approximate surface area is 163 Å². The molecular weight excluding hydrogens is 362 g/mol. The molecule has 1 fully saturated rings. The number of nitrogens with one attached hydrogen (secondary N) is 1. The van der Waals surface area contributed by atoms with Crippen molar-refractivity contribution in [3.8, 4) is 5.75 Å². The van der Waals surface area contributed by atoms with Gasteiger partial charge < -0.3 is 15.0 Å². The first-order valence-corrected chi connectivity index (χ1v) is 9.95. The van der Waals surface area contributed by atoms with Crippen LogP contribution in [-0.4, -0.2) is 49.5 Å². The molecule has 1 N–H and O–H groups in total. The quantitative estimate of drug-likeness (QED) is 0.793. The van der Waals surface area contributed by atoms with Crippen molar-refractivity contribution >= 4 is 28.8 Å². The van der Waals surface area contributed by atoms with Crippen LogP contribution in [0.5, 0.6) is 5.75 Å². The smallest absolute Gasteiger partial charge is 0.244 e. The molecule has 1 aliphatic rings. The summed E-state index contributed by atoms with van der Waals surface area (Å²) in [4.78, 5) is 29.9. The number of nitrogens with zero attached hydrogens (tertiary/aromatic N) is 2. The molecule has 1 aromatic heterocycles. The number of rotatable bonds is 7. The van der Waals surface area contributed by atoms with E-state index < -0.39 is 0 Å². The number of hydrogen-bond donors (Lipinski definition) is 1. The minimum Gasteiger partial charge on any atom is -0.497 e. The van der Waals surface area contributed by atoms with Gasteiger partial charge in [-0.2, -0.15) is 0 Å². The number of thiophene rings is 1. The molecule has 1 saturated heterocycles. The molecule has 0 saturated carbocycles. The average Bonchev–Trinajstić information content (AvgIpc) is 3.21. The van der Waals surface area contributed by atoms with Crippen LogP contribution in [0.1, 0.15) is 18.2 Å². The zero-order valence-electron chi connectivity index (χ0n) is 15.7. The number of hydrogen-bond acceptors (Lipinski definition) is 5. The summed E-state index contributed by atoms with van der Waals surface area (Å²) in [5.41, 5.74) is 0.847. The highest BCUT2D eigenvalue weighted by Gasteiger charge is 2.32. The first kappa shape index (κ1) is 19.4. The largest absolute Gasteiger partial charge is 0.497 e. The van der Waals surface area contributed by atoms with Gasteiger partial charge in [-0.3, -0.25) is 14.5 Å². The van der Waals surface area contributed by atoms with Crippen LogP contribution in [0.15, 0.2) is 41.8 Å². The molecule has 144 valence electrons. The number of anilines is 1. The predicted molar refractivity (Wildman–Crippen MR) is 107 cm³/mol. The van der Waals surface area contributed by atoms with Gasteiger partial charge in [-0.25, -0.2) is 0 Å². The molecule has 2 amide bonds. The summed E-state index contributed by atoms with van der Waals surface area (Å²) in [5.74, 6) is 0.796. The second kappa shape index (κ2) is 9.01. The number of methoxy groups -OCH3 is 1. The lowest BCUT2D eigenvalue weighted by molar-refractivity contribution is -0.127. The third-order valence-corrected chi connectivity index (χ3v) is 5.69.